The molecule has 1 aliphatic rings. The largest absolute Gasteiger partial charge is 0.334 e. The van der Waals surface area contributed by atoms with Crippen LogP contribution in [-0.2, 0) is 19.9 Å². The highest BCUT2D eigenvalue weighted by atomic mass is 19.1. The van der Waals surface area contributed by atoms with Crippen LogP contribution < -0.4 is 10.6 Å². The van der Waals surface area contributed by atoms with Gasteiger partial charge in [-0.15, -0.1) is 5.10 Å². The summed E-state index contributed by atoms with van der Waals surface area (Å²) in [5, 5.41) is 17.8. The van der Waals surface area contributed by atoms with Gasteiger partial charge in [-0.1, -0.05) is 19.1 Å². The van der Waals surface area contributed by atoms with Gasteiger partial charge >= 0.3 is 6.03 Å². The number of hydrogen-bond donors (Lipinski definition) is 2. The van der Waals surface area contributed by atoms with Crippen LogP contribution >= 0.6 is 0 Å². The number of tetrazole rings is 1. The zero-order chi connectivity index (χ0) is 23.9. The van der Waals surface area contributed by atoms with Gasteiger partial charge in [-0.25, -0.2) is 13.9 Å². The number of amides is 2. The molecule has 0 spiro atoms. The first-order valence-corrected chi connectivity index (χ1v) is 11.9. The number of nitrogens with zero attached hydrogens (tertiary/aromatic N) is 5. The molecule has 1 aliphatic heterocycles. The van der Waals surface area contributed by atoms with Gasteiger partial charge in [0.15, 0.2) is 5.82 Å². The lowest BCUT2D eigenvalue weighted by molar-refractivity contribution is 0.188. The Bertz CT molecular complexity index is 1100. The van der Waals surface area contributed by atoms with Crippen LogP contribution in [0.15, 0.2) is 42.5 Å². The molecule has 0 saturated carbocycles. The SMILES string of the molecule is CCc1cc(NC(=O)N[C@@H]2CCCN(CCCc3ccc(F)cc3)C2)cc(-c2nnnn2C)c1. The summed E-state index contributed by atoms with van der Waals surface area (Å²) in [6.07, 6.45) is 4.79. The van der Waals surface area contributed by atoms with Crippen LogP contribution in [-0.4, -0.2) is 56.8 Å². The van der Waals surface area contributed by atoms with Gasteiger partial charge in [-0.3, -0.25) is 0 Å². The van der Waals surface area contributed by atoms with Crippen molar-refractivity contribution in [1.29, 1.82) is 0 Å². The quantitative estimate of drug-likeness (QED) is 0.528. The average molecular weight is 466 g/mol. The maximum atomic E-state index is 13.1. The van der Waals surface area contributed by atoms with Crippen molar-refractivity contribution in [2.24, 2.45) is 7.05 Å². The maximum absolute atomic E-state index is 13.1. The third-order valence-corrected chi connectivity index (χ3v) is 6.23. The fourth-order valence-corrected chi connectivity index (χ4v) is 4.46. The molecule has 9 heteroatoms. The third-order valence-electron chi connectivity index (χ3n) is 6.23. The number of anilines is 1. The van der Waals surface area contributed by atoms with Crippen LogP contribution in [0.1, 0.15) is 37.3 Å². The molecular weight excluding hydrogens is 433 g/mol. The topological polar surface area (TPSA) is 88.0 Å². The van der Waals surface area contributed by atoms with E-state index >= 15 is 0 Å². The van der Waals surface area contributed by atoms with Crippen molar-refractivity contribution in [3.8, 4) is 11.4 Å². The number of hydrogen-bond acceptors (Lipinski definition) is 5. The fourth-order valence-electron chi connectivity index (χ4n) is 4.46. The van der Waals surface area contributed by atoms with Gasteiger partial charge in [-0.05, 0) is 97.1 Å². The zero-order valence-electron chi connectivity index (χ0n) is 19.8. The molecular formula is C25H32FN7O. The summed E-state index contributed by atoms with van der Waals surface area (Å²) in [5.74, 6) is 0.456. The summed E-state index contributed by atoms with van der Waals surface area (Å²) >= 11 is 0. The lowest BCUT2D eigenvalue weighted by atomic mass is 10.0. The van der Waals surface area contributed by atoms with E-state index in [2.05, 4.69) is 38.0 Å². The highest BCUT2D eigenvalue weighted by Crippen LogP contribution is 2.23. The molecule has 2 N–H and O–H groups in total. The Morgan fingerprint density at radius 1 is 1.18 bits per heavy atom. The summed E-state index contributed by atoms with van der Waals surface area (Å²) in [6, 6.07) is 12.5. The van der Waals surface area contributed by atoms with E-state index < -0.39 is 0 Å². The highest BCUT2D eigenvalue weighted by molar-refractivity contribution is 5.90. The molecule has 34 heavy (non-hydrogen) atoms. The maximum Gasteiger partial charge on any atom is 0.319 e. The number of benzene rings is 2. The number of halogens is 1. The third kappa shape index (κ3) is 6.38. The summed E-state index contributed by atoms with van der Waals surface area (Å²) in [7, 11) is 1.79. The molecule has 1 fully saturated rings. The number of nitrogens with one attached hydrogen (secondary N) is 2. The van der Waals surface area contributed by atoms with Gasteiger partial charge in [0, 0.05) is 30.9 Å². The van der Waals surface area contributed by atoms with E-state index in [1.54, 1.807) is 11.7 Å². The monoisotopic (exact) mass is 465 g/mol. The first-order chi connectivity index (χ1) is 16.5. The van der Waals surface area contributed by atoms with Crippen molar-refractivity contribution < 1.29 is 9.18 Å². The van der Waals surface area contributed by atoms with Crippen LogP contribution in [0.2, 0.25) is 0 Å². The summed E-state index contributed by atoms with van der Waals surface area (Å²) < 4.78 is 14.7. The predicted octanol–water partition coefficient (Wildman–Crippen LogP) is 3.80. The van der Waals surface area contributed by atoms with E-state index in [-0.39, 0.29) is 17.9 Å². The second-order valence-electron chi connectivity index (χ2n) is 8.87. The van der Waals surface area contributed by atoms with Gasteiger partial charge < -0.3 is 15.5 Å². The van der Waals surface area contributed by atoms with Gasteiger partial charge in [0.2, 0.25) is 0 Å². The molecule has 8 nitrogen and oxygen atoms in total. The molecule has 4 rings (SSSR count). The van der Waals surface area contributed by atoms with Crippen LogP contribution in [0, 0.1) is 5.82 Å². The van der Waals surface area contributed by atoms with E-state index in [1.165, 1.54) is 12.1 Å². The minimum absolute atomic E-state index is 0.108. The lowest BCUT2D eigenvalue weighted by Crippen LogP contribution is -2.49. The van der Waals surface area contributed by atoms with Gasteiger partial charge in [0.25, 0.3) is 0 Å². The Morgan fingerprint density at radius 2 is 2.00 bits per heavy atom. The van der Waals surface area contributed by atoms with Crippen LogP contribution in [0.3, 0.4) is 0 Å². The number of urea groups is 1. The van der Waals surface area contributed by atoms with E-state index in [1.807, 2.05) is 30.3 Å². The minimum atomic E-state index is -0.201. The molecule has 1 atom stereocenters. The van der Waals surface area contributed by atoms with Gasteiger partial charge in [0.1, 0.15) is 5.82 Å². The number of likely N-dealkylation sites (tertiary alicyclic amines) is 1. The molecule has 2 amide bonds. The summed E-state index contributed by atoms with van der Waals surface area (Å²) in [6.45, 7) is 4.91. The smallest absolute Gasteiger partial charge is 0.319 e. The van der Waals surface area contributed by atoms with Gasteiger partial charge in [-0.2, -0.15) is 0 Å². The van der Waals surface area contributed by atoms with Crippen molar-refractivity contribution in [2.75, 3.05) is 25.0 Å². The first-order valence-electron chi connectivity index (χ1n) is 11.9. The fraction of sp³-hybridized carbons (Fsp3) is 0.440. The molecule has 0 unspecified atom stereocenters. The van der Waals surface area contributed by atoms with Crippen molar-refractivity contribution in [1.82, 2.24) is 30.4 Å². The van der Waals surface area contributed by atoms with Crippen molar-refractivity contribution in [3.63, 3.8) is 0 Å². The molecule has 2 heterocycles. The molecule has 0 radical (unpaired) electrons. The van der Waals surface area contributed by atoms with Crippen LogP contribution in [0.4, 0.5) is 14.9 Å². The molecule has 1 saturated heterocycles. The minimum Gasteiger partial charge on any atom is -0.334 e. The Morgan fingerprint density at radius 3 is 2.74 bits per heavy atom. The molecule has 180 valence electrons. The van der Waals surface area contributed by atoms with Crippen molar-refractivity contribution in [2.45, 2.75) is 45.1 Å². The molecule has 2 aromatic carbocycles. The van der Waals surface area contributed by atoms with Crippen molar-refractivity contribution in [3.05, 3.63) is 59.4 Å². The highest BCUT2D eigenvalue weighted by Gasteiger charge is 2.21. The molecule has 1 aromatic heterocycles. The lowest BCUT2D eigenvalue weighted by Gasteiger charge is -2.33. The first kappa shape index (κ1) is 23.8. The average Bonchev–Trinajstić information content (AvgIpc) is 3.26. The van der Waals surface area contributed by atoms with E-state index in [4.69, 9.17) is 0 Å². The van der Waals surface area contributed by atoms with E-state index in [0.29, 0.717) is 5.82 Å². The van der Waals surface area contributed by atoms with E-state index in [0.717, 1.165) is 74.1 Å². The number of carbonyl (C=O) groups is 1. The van der Waals surface area contributed by atoms with Crippen LogP contribution in [0.25, 0.3) is 11.4 Å². The zero-order valence-corrected chi connectivity index (χ0v) is 19.8. The van der Waals surface area contributed by atoms with E-state index in [9.17, 15) is 9.18 Å². The number of aryl methyl sites for hydroxylation is 3. The number of piperidine rings is 1. The molecule has 3 aromatic rings. The Labute approximate surface area is 199 Å². The molecule has 0 aliphatic carbocycles. The second kappa shape index (κ2) is 11.2. The van der Waals surface area contributed by atoms with Crippen molar-refractivity contribution >= 4 is 11.7 Å². The second-order valence-corrected chi connectivity index (χ2v) is 8.87. The predicted molar refractivity (Wildman–Crippen MR) is 130 cm³/mol. The van der Waals surface area contributed by atoms with Crippen LogP contribution in [0.5, 0.6) is 0 Å². The number of rotatable bonds is 8. The Hall–Kier alpha value is -3.33. The molecule has 0 bridgehead atoms. The number of aromatic nitrogens is 4. The normalized spacial score (nSPS) is 16.4. The summed E-state index contributed by atoms with van der Waals surface area (Å²) in [5.41, 5.74) is 3.84. The number of carbonyl (C=O) groups excluding carboxylic acids is 1. The van der Waals surface area contributed by atoms with Gasteiger partial charge in [0.05, 0.1) is 0 Å². The standard InChI is InChI=1S/C25H32FN7O/c1-3-18-14-20(24-29-30-31-32(24)2)16-23(15-18)28-25(34)27-22-7-5-13-33(17-22)12-4-6-19-8-10-21(26)11-9-19/h8-11,14-16,22H,3-7,12-13,17H2,1-2H3,(H2,27,28,34)/t22-/m1/s1. The Balaban J connectivity index is 1.29. The summed E-state index contributed by atoms with van der Waals surface area (Å²) in [4.78, 5) is 15.2. The Kier molecular flexibility index (Phi) is 7.84.